The van der Waals surface area contributed by atoms with E-state index in [1.165, 1.54) is 16.7 Å². The fourth-order valence-electron chi connectivity index (χ4n) is 2.53. The summed E-state index contributed by atoms with van der Waals surface area (Å²) in [5.74, 6) is 0. The summed E-state index contributed by atoms with van der Waals surface area (Å²) in [7, 11) is 3.95. The zero-order valence-corrected chi connectivity index (χ0v) is 13.1. The summed E-state index contributed by atoms with van der Waals surface area (Å²) in [6.45, 7) is 9.49. The molecular formula is C16H28N2O. The van der Waals surface area contributed by atoms with Crippen molar-refractivity contribution < 1.29 is 5.11 Å². The summed E-state index contributed by atoms with van der Waals surface area (Å²) in [6, 6.07) is 6.75. The first-order valence-corrected chi connectivity index (χ1v) is 6.89. The first kappa shape index (κ1) is 16.2. The molecule has 0 aliphatic rings. The van der Waals surface area contributed by atoms with Gasteiger partial charge in [-0.25, -0.2) is 0 Å². The molecule has 0 amide bonds. The Morgan fingerprint density at radius 2 is 1.95 bits per heavy atom. The number of hydrogen-bond donors (Lipinski definition) is 2. The minimum absolute atomic E-state index is 0.245. The first-order valence-electron chi connectivity index (χ1n) is 6.89. The standard InChI is InChI=1S/C16H28N2O/c1-12-7-8-15(13(2)9-12)14(3)17-10-16(4,19)11-18(5)6/h7-9,14,17,19H,10-11H2,1-6H3. The highest BCUT2D eigenvalue weighted by molar-refractivity contribution is 5.32. The summed E-state index contributed by atoms with van der Waals surface area (Å²) < 4.78 is 0. The third-order valence-electron chi connectivity index (χ3n) is 3.34. The van der Waals surface area contributed by atoms with Gasteiger partial charge in [-0.3, -0.25) is 0 Å². The third-order valence-corrected chi connectivity index (χ3v) is 3.34. The second-order valence-corrected chi connectivity index (χ2v) is 6.20. The Bertz CT molecular complexity index is 413. The molecule has 2 N–H and O–H groups in total. The van der Waals surface area contributed by atoms with Crippen LogP contribution in [-0.2, 0) is 0 Å². The second kappa shape index (κ2) is 6.51. The zero-order valence-electron chi connectivity index (χ0n) is 13.1. The fraction of sp³-hybridized carbons (Fsp3) is 0.625. The number of likely N-dealkylation sites (N-methyl/N-ethyl adjacent to an activating group) is 1. The lowest BCUT2D eigenvalue weighted by Crippen LogP contribution is -2.46. The maximum absolute atomic E-state index is 10.3. The van der Waals surface area contributed by atoms with Gasteiger partial charge < -0.3 is 15.3 Å². The van der Waals surface area contributed by atoms with Crippen molar-refractivity contribution in [3.63, 3.8) is 0 Å². The molecule has 0 fully saturated rings. The molecule has 3 nitrogen and oxygen atoms in total. The number of aryl methyl sites for hydroxylation is 2. The van der Waals surface area contributed by atoms with E-state index in [0.717, 1.165) is 0 Å². The van der Waals surface area contributed by atoms with E-state index in [1.807, 2.05) is 25.9 Å². The normalized spacial score (nSPS) is 16.4. The molecule has 0 aromatic heterocycles. The molecule has 3 heteroatoms. The van der Waals surface area contributed by atoms with Crippen LogP contribution in [0.2, 0.25) is 0 Å². The molecule has 0 heterocycles. The molecule has 1 rings (SSSR count). The lowest BCUT2D eigenvalue weighted by atomic mass is 9.99. The van der Waals surface area contributed by atoms with Crippen molar-refractivity contribution in [1.82, 2.24) is 10.2 Å². The highest BCUT2D eigenvalue weighted by Crippen LogP contribution is 2.19. The molecule has 0 aliphatic heterocycles. The summed E-state index contributed by atoms with van der Waals surface area (Å²) in [5.41, 5.74) is 3.17. The molecule has 0 saturated heterocycles. The Morgan fingerprint density at radius 3 is 2.47 bits per heavy atom. The number of rotatable bonds is 6. The largest absolute Gasteiger partial charge is 0.388 e. The van der Waals surface area contributed by atoms with Crippen molar-refractivity contribution in [3.05, 3.63) is 34.9 Å². The van der Waals surface area contributed by atoms with Crippen LogP contribution in [0.25, 0.3) is 0 Å². The van der Waals surface area contributed by atoms with Crippen molar-refractivity contribution in [2.75, 3.05) is 27.2 Å². The van der Waals surface area contributed by atoms with Gasteiger partial charge in [0, 0.05) is 19.1 Å². The third kappa shape index (κ3) is 5.31. The molecule has 1 aromatic carbocycles. The Labute approximate surface area is 117 Å². The van der Waals surface area contributed by atoms with E-state index < -0.39 is 5.60 Å². The SMILES string of the molecule is Cc1ccc(C(C)NCC(C)(O)CN(C)C)c(C)c1. The van der Waals surface area contributed by atoms with Crippen LogP contribution in [0, 0.1) is 13.8 Å². The number of benzene rings is 1. The minimum Gasteiger partial charge on any atom is -0.388 e. The smallest absolute Gasteiger partial charge is 0.0869 e. The van der Waals surface area contributed by atoms with Gasteiger partial charge in [-0.05, 0) is 52.9 Å². The summed E-state index contributed by atoms with van der Waals surface area (Å²) in [4.78, 5) is 2.00. The maximum Gasteiger partial charge on any atom is 0.0869 e. The van der Waals surface area contributed by atoms with Crippen LogP contribution < -0.4 is 5.32 Å². The Balaban J connectivity index is 2.62. The fourth-order valence-corrected chi connectivity index (χ4v) is 2.53. The van der Waals surface area contributed by atoms with Crippen LogP contribution in [0.1, 0.15) is 36.6 Å². The highest BCUT2D eigenvalue weighted by atomic mass is 16.3. The molecule has 2 unspecified atom stereocenters. The molecule has 1 aromatic rings. The Kier molecular flexibility index (Phi) is 5.53. The van der Waals surface area contributed by atoms with Gasteiger partial charge in [0.25, 0.3) is 0 Å². The predicted molar refractivity (Wildman–Crippen MR) is 81.5 cm³/mol. The van der Waals surface area contributed by atoms with Gasteiger partial charge in [-0.15, -0.1) is 0 Å². The summed E-state index contributed by atoms with van der Waals surface area (Å²) in [5, 5.41) is 13.7. The van der Waals surface area contributed by atoms with Crippen molar-refractivity contribution in [2.45, 2.75) is 39.3 Å². The van der Waals surface area contributed by atoms with Gasteiger partial charge in [0.2, 0.25) is 0 Å². The van der Waals surface area contributed by atoms with E-state index in [0.29, 0.717) is 13.1 Å². The molecule has 19 heavy (non-hydrogen) atoms. The van der Waals surface area contributed by atoms with Crippen LogP contribution in [-0.4, -0.2) is 42.8 Å². The molecule has 0 saturated carbocycles. The van der Waals surface area contributed by atoms with Gasteiger partial charge in [0.1, 0.15) is 0 Å². The second-order valence-electron chi connectivity index (χ2n) is 6.20. The lowest BCUT2D eigenvalue weighted by molar-refractivity contribution is 0.0317. The van der Waals surface area contributed by atoms with Crippen molar-refractivity contribution in [1.29, 1.82) is 0 Å². The average molecular weight is 264 g/mol. The first-order chi connectivity index (χ1) is 8.71. The summed E-state index contributed by atoms with van der Waals surface area (Å²) in [6.07, 6.45) is 0. The number of nitrogens with one attached hydrogen (secondary N) is 1. The Morgan fingerprint density at radius 1 is 1.32 bits per heavy atom. The molecule has 0 radical (unpaired) electrons. The van der Waals surface area contributed by atoms with Gasteiger partial charge >= 0.3 is 0 Å². The monoisotopic (exact) mass is 264 g/mol. The van der Waals surface area contributed by atoms with E-state index in [-0.39, 0.29) is 6.04 Å². The summed E-state index contributed by atoms with van der Waals surface area (Å²) >= 11 is 0. The predicted octanol–water partition coefficient (Wildman–Crippen LogP) is 2.27. The number of hydrogen-bond acceptors (Lipinski definition) is 3. The minimum atomic E-state index is -0.712. The van der Waals surface area contributed by atoms with Gasteiger partial charge in [-0.2, -0.15) is 0 Å². The van der Waals surface area contributed by atoms with Crippen molar-refractivity contribution >= 4 is 0 Å². The van der Waals surface area contributed by atoms with Crippen LogP contribution >= 0.6 is 0 Å². The topological polar surface area (TPSA) is 35.5 Å². The molecular weight excluding hydrogens is 236 g/mol. The lowest BCUT2D eigenvalue weighted by Gasteiger charge is -2.29. The van der Waals surface area contributed by atoms with Crippen molar-refractivity contribution in [2.24, 2.45) is 0 Å². The highest BCUT2D eigenvalue weighted by Gasteiger charge is 2.22. The molecule has 2 atom stereocenters. The van der Waals surface area contributed by atoms with Crippen LogP contribution in [0.4, 0.5) is 0 Å². The van der Waals surface area contributed by atoms with E-state index in [9.17, 15) is 5.11 Å². The number of aliphatic hydroxyl groups is 1. The van der Waals surface area contributed by atoms with Gasteiger partial charge in [0.15, 0.2) is 0 Å². The number of nitrogens with zero attached hydrogens (tertiary/aromatic N) is 1. The van der Waals surface area contributed by atoms with E-state index in [1.54, 1.807) is 0 Å². The van der Waals surface area contributed by atoms with Crippen molar-refractivity contribution in [3.8, 4) is 0 Å². The van der Waals surface area contributed by atoms with Crippen LogP contribution in [0.15, 0.2) is 18.2 Å². The van der Waals surface area contributed by atoms with E-state index in [2.05, 4.69) is 44.3 Å². The molecule has 108 valence electrons. The molecule has 0 aliphatic carbocycles. The maximum atomic E-state index is 10.3. The van der Waals surface area contributed by atoms with Crippen LogP contribution in [0.5, 0.6) is 0 Å². The van der Waals surface area contributed by atoms with Gasteiger partial charge in [0.05, 0.1) is 5.60 Å². The quantitative estimate of drug-likeness (QED) is 0.827. The van der Waals surface area contributed by atoms with E-state index >= 15 is 0 Å². The molecule has 0 spiro atoms. The van der Waals surface area contributed by atoms with Crippen LogP contribution in [0.3, 0.4) is 0 Å². The van der Waals surface area contributed by atoms with Gasteiger partial charge in [-0.1, -0.05) is 23.8 Å². The zero-order chi connectivity index (χ0) is 14.6. The average Bonchev–Trinajstić information content (AvgIpc) is 2.24. The van der Waals surface area contributed by atoms with E-state index in [4.69, 9.17) is 0 Å². The molecule has 0 bridgehead atoms. The Hall–Kier alpha value is -0.900.